The molecule has 1 aromatic rings. The van der Waals surface area contributed by atoms with Crippen molar-refractivity contribution in [3.63, 3.8) is 0 Å². The van der Waals surface area contributed by atoms with Crippen LogP contribution in [0.4, 0.5) is 14.6 Å². The molecule has 34 heavy (non-hydrogen) atoms. The number of phosphoric acid groups is 3. The number of ether oxygens (including phenoxy) is 1. The van der Waals surface area contributed by atoms with Crippen LogP contribution in [0, 0.1) is 17.7 Å². The van der Waals surface area contributed by atoms with Gasteiger partial charge in [-0.2, -0.15) is 13.6 Å². The van der Waals surface area contributed by atoms with Gasteiger partial charge in [0.25, 0.3) is 0 Å². The van der Waals surface area contributed by atoms with Crippen LogP contribution >= 0.6 is 23.5 Å². The average molecular weight is 558 g/mol. The van der Waals surface area contributed by atoms with Crippen molar-refractivity contribution in [3.05, 3.63) is 22.5 Å². The van der Waals surface area contributed by atoms with Crippen LogP contribution in [0.15, 0.2) is 11.0 Å². The van der Waals surface area contributed by atoms with Crippen molar-refractivity contribution in [3.8, 4) is 11.8 Å². The number of nitrogens with two attached hydrogens (primary N) is 2. The number of hydrogen-bond acceptors (Lipinski definition) is 12. The highest BCUT2D eigenvalue weighted by molar-refractivity contribution is 7.66. The predicted molar refractivity (Wildman–Crippen MR) is 103 cm³/mol. The number of aliphatic hydroxyl groups excluding tert-OH is 1. The molecule has 0 aromatic carbocycles. The zero-order chi connectivity index (χ0) is 27.9. The van der Waals surface area contributed by atoms with Crippen molar-refractivity contribution in [1.82, 2.24) is 9.55 Å². The summed E-state index contributed by atoms with van der Waals surface area (Å²) in [5.74, 6) is 1.57. The van der Waals surface area contributed by atoms with E-state index in [4.69, 9.17) is 28.7 Å². The van der Waals surface area contributed by atoms with Gasteiger partial charge in [-0.15, -0.1) is 0 Å². The van der Waals surface area contributed by atoms with Gasteiger partial charge in [-0.25, -0.2) is 27.3 Å². The maximum absolute atomic E-state index is 13.9. The Morgan fingerprint density at radius 2 is 1.91 bits per heavy atom. The van der Waals surface area contributed by atoms with Crippen LogP contribution in [-0.4, -0.2) is 65.2 Å². The van der Waals surface area contributed by atoms with Crippen molar-refractivity contribution in [2.75, 3.05) is 19.0 Å². The Morgan fingerprint density at radius 1 is 1.29 bits per heavy atom. The average Bonchev–Trinajstić information content (AvgIpc) is 2.91. The highest BCUT2D eigenvalue weighted by Gasteiger charge is 2.55. The Balaban J connectivity index is 2.47. The van der Waals surface area contributed by atoms with Crippen molar-refractivity contribution in [2.45, 2.75) is 24.0 Å². The molecular formula is C12H17F2N4O13P3. The quantitative estimate of drug-likeness (QED) is 0.137. The summed E-state index contributed by atoms with van der Waals surface area (Å²) in [6.07, 6.45) is -6.79. The highest BCUT2D eigenvalue weighted by Crippen LogP contribution is 2.66. The fourth-order valence-electron chi connectivity index (χ4n) is 2.47. The molecule has 22 heteroatoms. The van der Waals surface area contributed by atoms with Crippen LogP contribution in [0.2, 0.25) is 0 Å². The van der Waals surface area contributed by atoms with E-state index in [0.717, 1.165) is 0 Å². The molecule has 1 fully saturated rings. The third-order valence-electron chi connectivity index (χ3n) is 3.72. The number of rotatable bonds is 8. The minimum Gasteiger partial charge on any atom is -0.387 e. The molecule has 17 nitrogen and oxygen atoms in total. The summed E-state index contributed by atoms with van der Waals surface area (Å²) in [5, 5.41) is 10.6. The van der Waals surface area contributed by atoms with Gasteiger partial charge in [-0.05, 0) is 0 Å². The second-order valence-electron chi connectivity index (χ2n) is 6.19. The van der Waals surface area contributed by atoms with E-state index in [1.807, 2.05) is 5.92 Å². The monoisotopic (exact) mass is 558 g/mol. The minimum atomic E-state index is -6.12. The molecule has 0 aliphatic carbocycles. The lowest BCUT2D eigenvalue weighted by Gasteiger charge is -2.27. The van der Waals surface area contributed by atoms with Crippen LogP contribution in [0.1, 0.15) is 8.97 Å². The first-order chi connectivity index (χ1) is 16.1. The lowest BCUT2D eigenvalue weighted by atomic mass is 9.91. The van der Waals surface area contributed by atoms with Gasteiger partial charge in [0, 0.05) is 0 Å². The molecule has 3 unspecified atom stereocenters. The summed E-state index contributed by atoms with van der Waals surface area (Å²) in [4.78, 5) is 51.2. The molecule has 192 valence electrons. The number of aromatic nitrogens is 2. The maximum Gasteiger partial charge on any atom is 0.490 e. The van der Waals surface area contributed by atoms with E-state index in [9.17, 15) is 42.2 Å². The summed E-state index contributed by atoms with van der Waals surface area (Å²) < 4.78 is 92.8. The van der Waals surface area contributed by atoms with E-state index in [1.165, 1.54) is 0 Å². The Hall–Kier alpha value is -1.61. The topological polar surface area (TPSA) is 276 Å². The van der Waals surface area contributed by atoms with Gasteiger partial charge in [-0.1, -0.05) is 11.8 Å². The van der Waals surface area contributed by atoms with Crippen LogP contribution in [0.5, 0.6) is 0 Å². The molecule has 1 aliphatic rings. The van der Waals surface area contributed by atoms with Crippen molar-refractivity contribution >= 4 is 29.3 Å². The second-order valence-corrected chi connectivity index (χ2v) is 10.5. The summed E-state index contributed by atoms with van der Waals surface area (Å²) in [7, 11) is -17.9. The SMILES string of the molecule is [2H]C([2H])(OP(=O)(O)OP(=O)(O)OP(=O)(O)O)[C@H]1O[C@@H](n2cc(F)c(N)nc2=O)C(N)(C#CCF)[C@H]1O. The molecule has 0 bridgehead atoms. The molecule has 1 saturated heterocycles. The van der Waals surface area contributed by atoms with Crippen LogP contribution < -0.4 is 17.2 Å². The summed E-state index contributed by atoms with van der Waals surface area (Å²) in [5.41, 5.74) is 7.07. The first-order valence-electron chi connectivity index (χ1n) is 9.21. The number of nitrogen functional groups attached to an aromatic ring is 1. The normalized spacial score (nSPS) is 29.8. The fourth-order valence-corrected chi connectivity index (χ4v) is 5.35. The van der Waals surface area contributed by atoms with E-state index in [-0.39, 0.29) is 4.57 Å². The van der Waals surface area contributed by atoms with Crippen molar-refractivity contribution in [1.29, 1.82) is 0 Å². The van der Waals surface area contributed by atoms with E-state index >= 15 is 0 Å². The van der Waals surface area contributed by atoms with Crippen LogP contribution in [0.25, 0.3) is 0 Å². The van der Waals surface area contributed by atoms with Gasteiger partial charge >= 0.3 is 29.2 Å². The van der Waals surface area contributed by atoms with Crippen LogP contribution in [-0.2, 0) is 31.6 Å². The zero-order valence-corrected chi connectivity index (χ0v) is 18.8. The number of phosphoric ester groups is 1. The van der Waals surface area contributed by atoms with E-state index in [1.54, 1.807) is 5.92 Å². The summed E-state index contributed by atoms with van der Waals surface area (Å²) in [6, 6.07) is 0. The Kier molecular flexibility index (Phi) is 7.62. The van der Waals surface area contributed by atoms with Crippen molar-refractivity contribution < 1.29 is 67.8 Å². The Bertz CT molecular complexity index is 1280. The fraction of sp³-hybridized carbons (Fsp3) is 0.500. The maximum atomic E-state index is 13.9. The second kappa shape index (κ2) is 10.2. The number of nitrogens with zero attached hydrogens (tertiary/aromatic N) is 2. The third-order valence-corrected chi connectivity index (χ3v) is 7.38. The number of alkyl halides is 1. The molecule has 1 aromatic heterocycles. The number of halogens is 2. The molecular weight excluding hydrogens is 539 g/mol. The van der Waals surface area contributed by atoms with Gasteiger partial charge in [0.1, 0.15) is 18.9 Å². The number of hydrogen-bond donors (Lipinski definition) is 7. The molecule has 0 radical (unpaired) electrons. The standard InChI is InChI=1S/C12H17F2N4O13P3/c13-3-1-2-12(16)8(19)7(29-10(12)18-4-6(14)9(15)17-11(18)20)5-28-33(24,25)31-34(26,27)30-32(21,22)23/h4,7-8,10,19H,3,5,16H2,(H,24,25)(H,26,27)(H2,15,17,20)(H2,21,22,23)/t7-,8+,10-,12?/m1/s1/i5D2. The van der Waals surface area contributed by atoms with E-state index in [2.05, 4.69) is 18.1 Å². The predicted octanol–water partition coefficient (Wildman–Crippen LogP) is -1.76. The molecule has 1 aliphatic heterocycles. The third kappa shape index (κ3) is 6.97. The van der Waals surface area contributed by atoms with Gasteiger partial charge in [0.2, 0.25) is 0 Å². The van der Waals surface area contributed by atoms with Gasteiger partial charge < -0.3 is 40.9 Å². The van der Waals surface area contributed by atoms with E-state index < -0.39 is 78.0 Å². The Labute approximate surface area is 190 Å². The lowest BCUT2D eigenvalue weighted by molar-refractivity contribution is -0.0470. The molecule has 0 spiro atoms. The highest BCUT2D eigenvalue weighted by atomic mass is 31.3. The minimum absolute atomic E-state index is 0.253. The summed E-state index contributed by atoms with van der Waals surface area (Å²) >= 11 is 0. The molecule has 6 atom stereocenters. The summed E-state index contributed by atoms with van der Waals surface area (Å²) in [6.45, 7) is -5.13. The van der Waals surface area contributed by atoms with Crippen LogP contribution in [0.3, 0.4) is 0 Å². The molecule has 9 N–H and O–H groups in total. The zero-order valence-electron chi connectivity index (χ0n) is 18.2. The van der Waals surface area contributed by atoms with E-state index in [0.29, 0.717) is 6.20 Å². The Morgan fingerprint density at radius 3 is 2.47 bits per heavy atom. The number of anilines is 1. The molecule has 0 saturated carbocycles. The first-order valence-corrected chi connectivity index (χ1v) is 12.7. The van der Waals surface area contributed by atoms with Gasteiger partial charge in [0.15, 0.2) is 23.4 Å². The molecule has 0 amide bonds. The molecule has 2 rings (SSSR count). The first kappa shape index (κ1) is 25.5. The lowest BCUT2D eigenvalue weighted by Crippen LogP contribution is -2.55. The number of aliphatic hydroxyl groups is 1. The van der Waals surface area contributed by atoms with Crippen molar-refractivity contribution in [2.24, 2.45) is 5.73 Å². The van der Waals surface area contributed by atoms with Gasteiger partial charge in [0.05, 0.1) is 15.5 Å². The van der Waals surface area contributed by atoms with Gasteiger partial charge in [-0.3, -0.25) is 9.09 Å². The smallest absolute Gasteiger partial charge is 0.387 e. The molecule has 2 heterocycles. The largest absolute Gasteiger partial charge is 0.490 e.